The molecular weight excluding hydrogens is 543 g/mol. The van der Waals surface area contributed by atoms with E-state index in [0.717, 1.165) is 9.99 Å². The summed E-state index contributed by atoms with van der Waals surface area (Å²) in [6, 6.07) is 11.9. The molecule has 2 amide bonds. The van der Waals surface area contributed by atoms with E-state index in [1.165, 1.54) is 12.1 Å². The number of aromatic nitrogens is 2. The Kier molecular flexibility index (Phi) is 6.75. The van der Waals surface area contributed by atoms with Crippen molar-refractivity contribution in [3.63, 3.8) is 0 Å². The predicted molar refractivity (Wildman–Crippen MR) is 140 cm³/mol. The van der Waals surface area contributed by atoms with Crippen LogP contribution in [0, 0.1) is 5.82 Å². The van der Waals surface area contributed by atoms with E-state index in [4.69, 9.17) is 4.74 Å². The van der Waals surface area contributed by atoms with Gasteiger partial charge in [0, 0.05) is 51.7 Å². The molecule has 4 aromatic rings. The third kappa shape index (κ3) is 5.10. The lowest BCUT2D eigenvalue weighted by molar-refractivity contribution is 0.0732. The van der Waals surface area contributed by atoms with Gasteiger partial charge in [0.25, 0.3) is 0 Å². The minimum absolute atomic E-state index is 0.0981. The molecular formula is C27H22BrFN4O4. The number of esters is 1. The van der Waals surface area contributed by atoms with Crippen molar-refractivity contribution in [2.75, 3.05) is 5.32 Å². The van der Waals surface area contributed by atoms with Crippen LogP contribution in [0.3, 0.4) is 0 Å². The van der Waals surface area contributed by atoms with Crippen LogP contribution in [0.5, 0.6) is 5.75 Å². The fourth-order valence-electron chi connectivity index (χ4n) is 4.30. The molecule has 3 N–H and O–H groups in total. The Morgan fingerprint density at radius 3 is 2.73 bits per heavy atom. The zero-order chi connectivity index (χ0) is 26.1. The number of nitrogens with zero attached hydrogens (tertiary/aromatic N) is 1. The summed E-state index contributed by atoms with van der Waals surface area (Å²) < 4.78 is 21.7. The molecule has 2 atom stereocenters. The van der Waals surface area contributed by atoms with E-state index in [9.17, 15) is 14.4 Å². The molecule has 0 aliphatic heterocycles. The van der Waals surface area contributed by atoms with Gasteiger partial charge in [-0.05, 0) is 64.8 Å². The van der Waals surface area contributed by atoms with Crippen molar-refractivity contribution in [3.05, 3.63) is 87.9 Å². The number of carbonyl (C=O) groups excluding carboxylic acids is 3. The highest BCUT2D eigenvalue weighted by molar-refractivity contribution is 9.10. The van der Waals surface area contributed by atoms with Gasteiger partial charge in [-0.25, -0.2) is 19.0 Å². The zero-order valence-corrected chi connectivity index (χ0v) is 21.3. The lowest BCUT2D eigenvalue weighted by Gasteiger charge is -2.16. The summed E-state index contributed by atoms with van der Waals surface area (Å²) in [5, 5.41) is 6.07. The lowest BCUT2D eigenvalue weighted by atomic mass is 9.99. The van der Waals surface area contributed by atoms with Gasteiger partial charge in [-0.3, -0.25) is 10.1 Å². The van der Waals surface area contributed by atoms with E-state index in [-0.39, 0.29) is 34.6 Å². The van der Waals surface area contributed by atoms with Crippen molar-refractivity contribution in [1.29, 1.82) is 0 Å². The Labute approximate surface area is 219 Å². The van der Waals surface area contributed by atoms with Crippen LogP contribution < -0.4 is 15.4 Å². The standard InChI is InChI=1S/C27H22BrFN4O4/c1-2-22(34)17-7-8-19(29)24(18-12-21(18)32-27(36)33-23-9-6-14(28)13-31-23)25(17)37-26(35)16-4-3-5-20-15(16)10-11-30-20/h3-11,13,18,21,30H,2,12H2,1H3,(H2,31,32,33,36). The quantitative estimate of drug-likeness (QED) is 0.146. The minimum Gasteiger partial charge on any atom is -0.422 e. The number of hydrogen-bond acceptors (Lipinski definition) is 5. The number of pyridine rings is 1. The molecule has 0 radical (unpaired) electrons. The molecule has 1 aliphatic carbocycles. The summed E-state index contributed by atoms with van der Waals surface area (Å²) in [7, 11) is 0. The second kappa shape index (κ2) is 10.1. The number of fused-ring (bicyclic) bond motifs is 1. The first-order valence-electron chi connectivity index (χ1n) is 11.7. The second-order valence-corrected chi connectivity index (χ2v) is 9.57. The number of aromatic amines is 1. The molecule has 0 saturated heterocycles. The number of amides is 2. The van der Waals surface area contributed by atoms with Crippen LogP contribution in [0.1, 0.15) is 52.0 Å². The topological polar surface area (TPSA) is 113 Å². The van der Waals surface area contributed by atoms with E-state index in [0.29, 0.717) is 17.6 Å². The van der Waals surface area contributed by atoms with Crippen LogP contribution in [0.2, 0.25) is 0 Å². The fraction of sp³-hybridized carbons (Fsp3) is 0.185. The maximum Gasteiger partial charge on any atom is 0.344 e. The highest BCUT2D eigenvalue weighted by atomic mass is 79.9. The number of ketones is 1. The van der Waals surface area contributed by atoms with Crippen molar-refractivity contribution < 1.29 is 23.5 Å². The van der Waals surface area contributed by atoms with Crippen molar-refractivity contribution in [3.8, 4) is 5.75 Å². The molecule has 37 heavy (non-hydrogen) atoms. The molecule has 1 aliphatic rings. The van der Waals surface area contributed by atoms with Crippen molar-refractivity contribution >= 4 is 50.4 Å². The van der Waals surface area contributed by atoms with Gasteiger partial charge in [-0.1, -0.05) is 13.0 Å². The summed E-state index contributed by atoms with van der Waals surface area (Å²) in [5.74, 6) is -1.82. The van der Waals surface area contributed by atoms with E-state index >= 15 is 4.39 Å². The lowest BCUT2D eigenvalue weighted by Crippen LogP contribution is -2.31. The first-order valence-corrected chi connectivity index (χ1v) is 12.5. The van der Waals surface area contributed by atoms with Gasteiger partial charge in [0.05, 0.1) is 11.1 Å². The molecule has 10 heteroatoms. The average Bonchev–Trinajstić information content (AvgIpc) is 3.44. The van der Waals surface area contributed by atoms with Gasteiger partial charge in [0.15, 0.2) is 5.78 Å². The molecule has 188 valence electrons. The molecule has 1 fully saturated rings. The molecule has 2 heterocycles. The first-order chi connectivity index (χ1) is 17.9. The number of rotatable bonds is 7. The van der Waals surface area contributed by atoms with Crippen molar-refractivity contribution in [1.82, 2.24) is 15.3 Å². The maximum atomic E-state index is 15.2. The Balaban J connectivity index is 1.41. The molecule has 1 saturated carbocycles. The van der Waals surface area contributed by atoms with Crippen LogP contribution in [-0.2, 0) is 0 Å². The third-order valence-electron chi connectivity index (χ3n) is 6.22. The summed E-state index contributed by atoms with van der Waals surface area (Å²) in [6.07, 6.45) is 3.82. The largest absolute Gasteiger partial charge is 0.422 e. The first kappa shape index (κ1) is 24.6. The average molecular weight is 565 g/mol. The monoisotopic (exact) mass is 564 g/mol. The van der Waals surface area contributed by atoms with Gasteiger partial charge in [-0.15, -0.1) is 0 Å². The van der Waals surface area contributed by atoms with Gasteiger partial charge < -0.3 is 15.0 Å². The summed E-state index contributed by atoms with van der Waals surface area (Å²) in [5.41, 5.74) is 1.26. The Morgan fingerprint density at radius 2 is 1.97 bits per heavy atom. The molecule has 2 aromatic heterocycles. The Bertz CT molecular complexity index is 1520. The smallest absolute Gasteiger partial charge is 0.344 e. The van der Waals surface area contributed by atoms with Gasteiger partial charge in [0.1, 0.15) is 17.4 Å². The zero-order valence-electron chi connectivity index (χ0n) is 19.7. The molecule has 5 rings (SSSR count). The number of benzene rings is 2. The van der Waals surface area contributed by atoms with Gasteiger partial charge >= 0.3 is 12.0 Å². The highest BCUT2D eigenvalue weighted by Gasteiger charge is 2.44. The number of Topliss-reactive ketones (excluding diaryl/α,β-unsaturated/α-hetero) is 1. The highest BCUT2D eigenvalue weighted by Crippen LogP contribution is 2.47. The number of ether oxygens (including phenoxy) is 1. The van der Waals surface area contributed by atoms with Crippen LogP contribution in [0.25, 0.3) is 10.9 Å². The minimum atomic E-state index is -0.702. The molecule has 2 unspecified atom stereocenters. The van der Waals surface area contributed by atoms with E-state index in [2.05, 4.69) is 36.5 Å². The molecule has 0 bridgehead atoms. The van der Waals surface area contributed by atoms with Gasteiger partial charge in [-0.2, -0.15) is 0 Å². The number of anilines is 1. The second-order valence-electron chi connectivity index (χ2n) is 8.66. The number of carbonyl (C=O) groups is 3. The molecule has 0 spiro atoms. The van der Waals surface area contributed by atoms with Crippen LogP contribution in [0.15, 0.2) is 65.4 Å². The number of H-pyrrole nitrogens is 1. The third-order valence-corrected chi connectivity index (χ3v) is 6.69. The summed E-state index contributed by atoms with van der Waals surface area (Å²) >= 11 is 3.28. The Morgan fingerprint density at radius 1 is 1.14 bits per heavy atom. The number of urea groups is 1. The van der Waals surface area contributed by atoms with Gasteiger partial charge in [0.2, 0.25) is 0 Å². The van der Waals surface area contributed by atoms with Crippen LogP contribution in [-0.4, -0.2) is 33.8 Å². The predicted octanol–water partition coefficient (Wildman–Crippen LogP) is 5.95. The van der Waals surface area contributed by atoms with Crippen molar-refractivity contribution in [2.24, 2.45) is 0 Å². The van der Waals surface area contributed by atoms with E-state index < -0.39 is 29.8 Å². The van der Waals surface area contributed by atoms with E-state index in [1.54, 1.807) is 49.6 Å². The SMILES string of the molecule is CCC(=O)c1ccc(F)c(C2CC2NC(=O)Nc2ccc(Br)cn2)c1OC(=O)c1cccc2[nH]ccc12. The summed E-state index contributed by atoms with van der Waals surface area (Å²) in [6.45, 7) is 1.68. The number of nitrogens with one attached hydrogen (secondary N) is 3. The fourth-order valence-corrected chi connectivity index (χ4v) is 4.53. The maximum absolute atomic E-state index is 15.2. The Hall–Kier alpha value is -4.05. The molecule has 8 nitrogen and oxygen atoms in total. The van der Waals surface area contributed by atoms with Crippen LogP contribution >= 0.6 is 15.9 Å². The normalized spacial score (nSPS) is 16.3. The van der Waals surface area contributed by atoms with Crippen LogP contribution in [0.4, 0.5) is 15.0 Å². The molecule has 2 aromatic carbocycles. The number of halogens is 2. The summed E-state index contributed by atoms with van der Waals surface area (Å²) in [4.78, 5) is 45.5. The number of hydrogen-bond donors (Lipinski definition) is 3. The van der Waals surface area contributed by atoms with E-state index in [1.807, 2.05) is 6.07 Å². The van der Waals surface area contributed by atoms with Crippen molar-refractivity contribution in [2.45, 2.75) is 31.7 Å².